The maximum absolute atomic E-state index is 13.3. The highest BCUT2D eigenvalue weighted by Gasteiger charge is 2.45. The molecule has 156 valence electrons. The van der Waals surface area contributed by atoms with Gasteiger partial charge in [-0.05, 0) is 43.9 Å². The summed E-state index contributed by atoms with van der Waals surface area (Å²) in [5.74, 6) is -0.507. The number of hydrogen-bond donors (Lipinski definition) is 0. The third-order valence-electron chi connectivity index (χ3n) is 5.26. The molecule has 0 N–H and O–H groups in total. The fraction of sp³-hybridized carbons (Fsp3) is 0.500. The van der Waals surface area contributed by atoms with Crippen molar-refractivity contribution in [2.45, 2.75) is 46.0 Å². The van der Waals surface area contributed by atoms with Crippen LogP contribution in [0.1, 0.15) is 60.6 Å². The van der Waals surface area contributed by atoms with Gasteiger partial charge in [0.15, 0.2) is 0 Å². The summed E-state index contributed by atoms with van der Waals surface area (Å²) >= 11 is 1.48. The van der Waals surface area contributed by atoms with Crippen molar-refractivity contribution in [2.24, 2.45) is 5.41 Å². The molecule has 0 spiro atoms. The zero-order chi connectivity index (χ0) is 21.0. The number of thiazole rings is 1. The van der Waals surface area contributed by atoms with E-state index in [1.807, 2.05) is 13.8 Å². The minimum absolute atomic E-state index is 0.152. The molecule has 0 radical (unpaired) electrons. The topological polar surface area (TPSA) is 59.5 Å². The first-order valence-electron chi connectivity index (χ1n) is 10.0. The third-order valence-corrected chi connectivity index (χ3v) is 6.41. The zero-order valence-electron chi connectivity index (χ0n) is 17.1. The molecule has 1 aliphatic heterocycles. The second-order valence-corrected chi connectivity index (χ2v) is 8.75. The van der Waals surface area contributed by atoms with Crippen LogP contribution in [-0.4, -0.2) is 41.5 Å². The van der Waals surface area contributed by atoms with Gasteiger partial charge in [0, 0.05) is 24.4 Å². The molecule has 1 unspecified atom stereocenters. The van der Waals surface area contributed by atoms with Gasteiger partial charge in [-0.15, -0.1) is 11.3 Å². The maximum Gasteiger partial charge on any atom is 0.314 e. The molecule has 5 nitrogen and oxygen atoms in total. The molecule has 2 heterocycles. The average Bonchev–Trinajstić information content (AvgIpc) is 3.20. The van der Waals surface area contributed by atoms with Gasteiger partial charge in [-0.1, -0.05) is 26.0 Å². The molecule has 7 heteroatoms. The van der Waals surface area contributed by atoms with Crippen molar-refractivity contribution in [1.29, 1.82) is 0 Å². The number of piperidine rings is 1. The summed E-state index contributed by atoms with van der Waals surface area (Å²) in [7, 11) is 0. The molecule has 2 aromatic rings. The number of hydrogen-bond acceptors (Lipinski definition) is 5. The summed E-state index contributed by atoms with van der Waals surface area (Å²) in [6.45, 7) is 7.00. The number of ether oxygens (including phenoxy) is 1. The largest absolute Gasteiger partial charge is 0.466 e. The molecule has 1 amide bonds. The molecule has 1 aliphatic rings. The first kappa shape index (κ1) is 21.4. The molecule has 1 saturated heterocycles. The maximum atomic E-state index is 13.3. The minimum atomic E-state index is -0.835. The normalized spacial score (nSPS) is 19.4. The Morgan fingerprint density at radius 2 is 2.03 bits per heavy atom. The fourth-order valence-corrected chi connectivity index (χ4v) is 4.59. The molecule has 29 heavy (non-hydrogen) atoms. The van der Waals surface area contributed by atoms with Crippen LogP contribution >= 0.6 is 11.3 Å². The summed E-state index contributed by atoms with van der Waals surface area (Å²) in [5, 5.41) is 2.71. The van der Waals surface area contributed by atoms with E-state index in [9.17, 15) is 14.0 Å². The predicted molar refractivity (Wildman–Crippen MR) is 111 cm³/mol. The van der Waals surface area contributed by atoms with E-state index in [0.717, 1.165) is 10.6 Å². The Hall–Kier alpha value is -2.28. The van der Waals surface area contributed by atoms with E-state index in [1.165, 1.54) is 23.5 Å². The Bertz CT molecular complexity index is 865. The van der Waals surface area contributed by atoms with Crippen LogP contribution in [0.4, 0.5) is 4.39 Å². The molecular weight excluding hydrogens is 391 g/mol. The van der Waals surface area contributed by atoms with Gasteiger partial charge in [0.05, 0.1) is 17.0 Å². The molecule has 0 bridgehead atoms. The Kier molecular flexibility index (Phi) is 6.67. The molecule has 0 aliphatic carbocycles. The standard InChI is InChI=1S/C22H27FN2O3S/c1-4-28-21(27)22(12-16-6-8-17(23)9-7-16)10-5-11-25(14-22)20(26)18-13-29-19(24-18)15(2)3/h6-9,13,15H,4-5,10-12,14H2,1-3H3. The quantitative estimate of drug-likeness (QED) is 0.651. The lowest BCUT2D eigenvalue weighted by Gasteiger charge is -2.41. The number of amides is 1. The Balaban J connectivity index is 1.85. The van der Waals surface area contributed by atoms with Gasteiger partial charge in [0.25, 0.3) is 5.91 Å². The van der Waals surface area contributed by atoms with Crippen molar-refractivity contribution < 1.29 is 18.7 Å². The fourth-order valence-electron chi connectivity index (χ4n) is 3.78. The second-order valence-electron chi connectivity index (χ2n) is 7.86. The number of aromatic nitrogens is 1. The van der Waals surface area contributed by atoms with Crippen LogP contribution in [0.3, 0.4) is 0 Å². The first-order valence-corrected chi connectivity index (χ1v) is 10.9. The van der Waals surface area contributed by atoms with Crippen molar-refractivity contribution >= 4 is 23.2 Å². The SMILES string of the molecule is CCOC(=O)C1(Cc2ccc(F)cc2)CCCN(C(=O)c2csc(C(C)C)n2)C1. The summed E-state index contributed by atoms with van der Waals surface area (Å²) < 4.78 is 18.7. The summed E-state index contributed by atoms with van der Waals surface area (Å²) in [6, 6.07) is 6.16. The number of carbonyl (C=O) groups excluding carboxylic acids is 2. The number of benzene rings is 1. The van der Waals surface area contributed by atoms with E-state index in [1.54, 1.807) is 29.3 Å². The Morgan fingerprint density at radius 3 is 2.66 bits per heavy atom. The highest BCUT2D eigenvalue weighted by Crippen LogP contribution is 2.36. The van der Waals surface area contributed by atoms with Crippen LogP contribution in [-0.2, 0) is 16.0 Å². The summed E-state index contributed by atoms with van der Waals surface area (Å²) in [6.07, 6.45) is 1.73. The van der Waals surface area contributed by atoms with Gasteiger partial charge >= 0.3 is 5.97 Å². The van der Waals surface area contributed by atoms with Crippen molar-refractivity contribution in [1.82, 2.24) is 9.88 Å². The second kappa shape index (κ2) is 9.03. The van der Waals surface area contributed by atoms with E-state index in [0.29, 0.717) is 31.5 Å². The number of rotatable bonds is 6. The van der Waals surface area contributed by atoms with Crippen LogP contribution in [0, 0.1) is 11.2 Å². The predicted octanol–water partition coefficient (Wildman–Crippen LogP) is 4.43. The van der Waals surface area contributed by atoms with Gasteiger partial charge < -0.3 is 9.64 Å². The van der Waals surface area contributed by atoms with E-state index in [4.69, 9.17) is 4.74 Å². The monoisotopic (exact) mass is 418 g/mol. The number of nitrogens with zero attached hydrogens (tertiary/aromatic N) is 2. The minimum Gasteiger partial charge on any atom is -0.466 e. The summed E-state index contributed by atoms with van der Waals surface area (Å²) in [4.78, 5) is 32.2. The molecule has 1 aromatic heterocycles. The highest BCUT2D eigenvalue weighted by atomic mass is 32.1. The van der Waals surface area contributed by atoms with Crippen molar-refractivity contribution in [2.75, 3.05) is 19.7 Å². The Morgan fingerprint density at radius 1 is 1.31 bits per heavy atom. The van der Waals surface area contributed by atoms with Gasteiger partial charge in [0.1, 0.15) is 11.5 Å². The van der Waals surface area contributed by atoms with Gasteiger partial charge in [-0.25, -0.2) is 9.37 Å². The van der Waals surface area contributed by atoms with Gasteiger partial charge in [-0.3, -0.25) is 9.59 Å². The first-order chi connectivity index (χ1) is 13.8. The van der Waals surface area contributed by atoms with Crippen molar-refractivity contribution in [3.8, 4) is 0 Å². The number of likely N-dealkylation sites (tertiary alicyclic amines) is 1. The van der Waals surface area contributed by atoms with Crippen LogP contribution in [0.5, 0.6) is 0 Å². The van der Waals surface area contributed by atoms with Gasteiger partial charge in [0.2, 0.25) is 0 Å². The van der Waals surface area contributed by atoms with Crippen LogP contribution in [0.25, 0.3) is 0 Å². The van der Waals surface area contributed by atoms with Crippen LogP contribution in [0.15, 0.2) is 29.6 Å². The lowest BCUT2D eigenvalue weighted by molar-refractivity contribution is -0.158. The lowest BCUT2D eigenvalue weighted by atomic mass is 9.75. The molecule has 0 saturated carbocycles. The lowest BCUT2D eigenvalue weighted by Crippen LogP contribution is -2.51. The van der Waals surface area contributed by atoms with Crippen LogP contribution in [0.2, 0.25) is 0 Å². The zero-order valence-corrected chi connectivity index (χ0v) is 17.9. The third kappa shape index (κ3) is 4.83. The number of halogens is 1. The van der Waals surface area contributed by atoms with Crippen molar-refractivity contribution in [3.63, 3.8) is 0 Å². The Labute approximate surface area is 174 Å². The van der Waals surface area contributed by atoms with Gasteiger partial charge in [-0.2, -0.15) is 0 Å². The van der Waals surface area contributed by atoms with Crippen LogP contribution < -0.4 is 0 Å². The number of esters is 1. The van der Waals surface area contributed by atoms with E-state index in [-0.39, 0.29) is 36.8 Å². The average molecular weight is 419 g/mol. The highest BCUT2D eigenvalue weighted by molar-refractivity contribution is 7.09. The van der Waals surface area contributed by atoms with E-state index >= 15 is 0 Å². The summed E-state index contributed by atoms with van der Waals surface area (Å²) in [5.41, 5.74) is 0.447. The smallest absolute Gasteiger partial charge is 0.314 e. The molecule has 1 atom stereocenters. The van der Waals surface area contributed by atoms with E-state index < -0.39 is 5.41 Å². The molecule has 1 fully saturated rings. The molecule has 1 aromatic carbocycles. The molecule has 3 rings (SSSR count). The van der Waals surface area contributed by atoms with E-state index in [2.05, 4.69) is 4.98 Å². The van der Waals surface area contributed by atoms with Crippen molar-refractivity contribution in [3.05, 3.63) is 51.7 Å². The number of carbonyl (C=O) groups is 2. The molecular formula is C22H27FN2O3S.